The van der Waals surface area contributed by atoms with Crippen molar-refractivity contribution in [2.75, 3.05) is 38.1 Å². The lowest BCUT2D eigenvalue weighted by molar-refractivity contribution is -0.130. The summed E-state index contributed by atoms with van der Waals surface area (Å²) in [5.41, 5.74) is 0.745. The molecule has 0 bridgehead atoms. The number of urea groups is 1. The Hall–Kier alpha value is -2.57. The fourth-order valence-electron chi connectivity index (χ4n) is 2.40. The van der Waals surface area contributed by atoms with E-state index in [9.17, 15) is 14.4 Å². The van der Waals surface area contributed by atoms with Gasteiger partial charge in [0.15, 0.2) is 0 Å². The molecule has 0 atom stereocenters. The molecule has 7 heteroatoms. The topological polar surface area (TPSA) is 79.0 Å². The third kappa shape index (κ3) is 4.21. The van der Waals surface area contributed by atoms with E-state index in [1.54, 1.807) is 41.0 Å². The first-order valence-corrected chi connectivity index (χ1v) is 7.60. The summed E-state index contributed by atoms with van der Waals surface area (Å²) >= 11 is 0. The second-order valence-electron chi connectivity index (χ2n) is 5.19. The number of nitrogens with zero attached hydrogens (tertiary/aromatic N) is 2. The smallest absolute Gasteiger partial charge is 0.340 e. The van der Waals surface area contributed by atoms with Crippen LogP contribution in [-0.2, 0) is 9.53 Å². The number of benzene rings is 1. The van der Waals surface area contributed by atoms with Crippen LogP contribution in [-0.4, -0.2) is 60.5 Å². The fraction of sp³-hybridized carbons (Fsp3) is 0.438. The quantitative estimate of drug-likeness (QED) is 0.858. The first-order valence-electron chi connectivity index (χ1n) is 7.60. The number of carbonyl (C=O) groups is 3. The number of piperazine rings is 1. The van der Waals surface area contributed by atoms with E-state index in [4.69, 9.17) is 4.74 Å². The molecule has 0 saturated carbocycles. The van der Waals surface area contributed by atoms with Gasteiger partial charge in [-0.1, -0.05) is 12.1 Å². The van der Waals surface area contributed by atoms with Crippen molar-refractivity contribution in [1.82, 2.24) is 9.80 Å². The average Bonchev–Trinajstić information content (AvgIpc) is 2.55. The van der Waals surface area contributed by atoms with Crippen molar-refractivity contribution in [2.24, 2.45) is 0 Å². The molecule has 124 valence electrons. The second kappa shape index (κ2) is 7.62. The first kappa shape index (κ1) is 16.8. The van der Waals surface area contributed by atoms with Crippen LogP contribution in [0.1, 0.15) is 24.2 Å². The molecule has 0 radical (unpaired) electrons. The molecule has 2 rings (SSSR count). The van der Waals surface area contributed by atoms with Gasteiger partial charge in [-0.3, -0.25) is 4.79 Å². The lowest BCUT2D eigenvalue weighted by Gasteiger charge is -2.34. The molecular formula is C16H21N3O4. The summed E-state index contributed by atoms with van der Waals surface area (Å²) in [6.07, 6.45) is 0. The molecule has 0 aliphatic carbocycles. The van der Waals surface area contributed by atoms with Crippen LogP contribution in [0, 0.1) is 0 Å². The van der Waals surface area contributed by atoms with Crippen molar-refractivity contribution >= 4 is 23.6 Å². The Morgan fingerprint density at radius 1 is 1.09 bits per heavy atom. The lowest BCUT2D eigenvalue weighted by Crippen LogP contribution is -2.51. The average molecular weight is 319 g/mol. The Bertz CT molecular complexity index is 595. The van der Waals surface area contributed by atoms with E-state index < -0.39 is 5.97 Å². The number of nitrogens with one attached hydrogen (secondary N) is 1. The normalized spacial score (nSPS) is 14.3. The van der Waals surface area contributed by atoms with Crippen molar-refractivity contribution in [3.8, 4) is 0 Å². The summed E-state index contributed by atoms with van der Waals surface area (Å²) in [5.74, 6) is -0.456. The minimum absolute atomic E-state index is 0.0118. The molecule has 1 aliphatic rings. The summed E-state index contributed by atoms with van der Waals surface area (Å²) in [7, 11) is 0. The maximum absolute atomic E-state index is 12.3. The van der Waals surface area contributed by atoms with Crippen LogP contribution in [0.3, 0.4) is 0 Å². The summed E-state index contributed by atoms with van der Waals surface area (Å²) in [5, 5.41) is 2.75. The van der Waals surface area contributed by atoms with Crippen LogP contribution in [0.25, 0.3) is 0 Å². The zero-order valence-electron chi connectivity index (χ0n) is 13.4. The molecule has 1 heterocycles. The minimum atomic E-state index is -0.468. The van der Waals surface area contributed by atoms with Gasteiger partial charge in [-0.05, 0) is 19.1 Å². The van der Waals surface area contributed by atoms with E-state index in [1.807, 2.05) is 0 Å². The highest BCUT2D eigenvalue weighted by Crippen LogP contribution is 2.17. The second-order valence-corrected chi connectivity index (χ2v) is 5.19. The van der Waals surface area contributed by atoms with Gasteiger partial charge in [-0.15, -0.1) is 0 Å². The molecule has 0 unspecified atom stereocenters. The van der Waals surface area contributed by atoms with Crippen LogP contribution >= 0.6 is 0 Å². The molecule has 1 aromatic carbocycles. The first-order chi connectivity index (χ1) is 11.0. The minimum Gasteiger partial charge on any atom is -0.462 e. The van der Waals surface area contributed by atoms with Gasteiger partial charge in [0, 0.05) is 33.1 Å². The van der Waals surface area contributed by atoms with Gasteiger partial charge in [0.05, 0.1) is 17.9 Å². The summed E-state index contributed by atoms with van der Waals surface area (Å²) in [6.45, 7) is 5.48. The van der Waals surface area contributed by atoms with Crippen molar-refractivity contribution in [3.63, 3.8) is 0 Å². The third-order valence-electron chi connectivity index (χ3n) is 3.68. The van der Waals surface area contributed by atoms with Crippen LogP contribution < -0.4 is 5.32 Å². The van der Waals surface area contributed by atoms with Gasteiger partial charge in [0.25, 0.3) is 0 Å². The molecule has 1 saturated heterocycles. The molecule has 7 nitrogen and oxygen atoms in total. The SMILES string of the molecule is CCOC(=O)c1ccccc1NC(=O)N1CCN(C(C)=O)CC1. The predicted molar refractivity (Wildman–Crippen MR) is 85.2 cm³/mol. The standard InChI is InChI=1S/C16H21N3O4/c1-3-23-15(21)13-6-4-5-7-14(13)17-16(22)19-10-8-18(9-11-19)12(2)20/h4-7H,3,8-11H2,1-2H3,(H,17,22). The third-order valence-corrected chi connectivity index (χ3v) is 3.68. The zero-order chi connectivity index (χ0) is 16.8. The largest absolute Gasteiger partial charge is 0.462 e. The Morgan fingerprint density at radius 3 is 2.30 bits per heavy atom. The predicted octanol–water partition coefficient (Wildman–Crippen LogP) is 1.56. The van der Waals surface area contributed by atoms with Crippen LogP contribution in [0.4, 0.5) is 10.5 Å². The van der Waals surface area contributed by atoms with E-state index in [0.717, 1.165) is 0 Å². The van der Waals surface area contributed by atoms with Crippen LogP contribution in [0.2, 0.25) is 0 Å². The summed E-state index contributed by atoms with van der Waals surface area (Å²) in [4.78, 5) is 38.9. The highest BCUT2D eigenvalue weighted by Gasteiger charge is 2.23. The Labute approximate surface area is 135 Å². The Morgan fingerprint density at radius 2 is 1.70 bits per heavy atom. The van der Waals surface area contributed by atoms with E-state index in [2.05, 4.69) is 5.32 Å². The molecular weight excluding hydrogens is 298 g/mol. The molecule has 23 heavy (non-hydrogen) atoms. The molecule has 1 aromatic rings. The zero-order valence-corrected chi connectivity index (χ0v) is 13.4. The van der Waals surface area contributed by atoms with E-state index in [-0.39, 0.29) is 18.5 Å². The Balaban J connectivity index is 2.01. The number of para-hydroxylation sites is 1. The number of ether oxygens (including phenoxy) is 1. The monoisotopic (exact) mass is 319 g/mol. The van der Waals surface area contributed by atoms with Crippen LogP contribution in [0.15, 0.2) is 24.3 Å². The van der Waals surface area contributed by atoms with E-state index in [0.29, 0.717) is 37.4 Å². The Kier molecular flexibility index (Phi) is 5.56. The van der Waals surface area contributed by atoms with Crippen molar-refractivity contribution < 1.29 is 19.1 Å². The molecule has 0 aromatic heterocycles. The summed E-state index contributed by atoms with van der Waals surface area (Å²) in [6, 6.07) is 6.45. The van der Waals surface area contributed by atoms with Gasteiger partial charge in [0.2, 0.25) is 5.91 Å². The molecule has 1 fully saturated rings. The van der Waals surface area contributed by atoms with Gasteiger partial charge in [-0.25, -0.2) is 9.59 Å². The molecule has 3 amide bonds. The number of esters is 1. The molecule has 1 aliphatic heterocycles. The maximum atomic E-state index is 12.3. The highest BCUT2D eigenvalue weighted by atomic mass is 16.5. The number of rotatable bonds is 3. The van der Waals surface area contributed by atoms with E-state index in [1.165, 1.54) is 6.92 Å². The fourth-order valence-corrected chi connectivity index (χ4v) is 2.40. The van der Waals surface area contributed by atoms with Crippen LogP contribution in [0.5, 0.6) is 0 Å². The number of hydrogen-bond donors (Lipinski definition) is 1. The number of carbonyl (C=O) groups excluding carboxylic acids is 3. The van der Waals surface area contributed by atoms with Crippen molar-refractivity contribution in [2.45, 2.75) is 13.8 Å². The molecule has 1 N–H and O–H groups in total. The van der Waals surface area contributed by atoms with Gasteiger partial charge in [0.1, 0.15) is 0 Å². The highest BCUT2D eigenvalue weighted by molar-refractivity contribution is 6.00. The number of amides is 3. The van der Waals surface area contributed by atoms with Gasteiger partial charge < -0.3 is 19.9 Å². The summed E-state index contributed by atoms with van der Waals surface area (Å²) < 4.78 is 4.99. The number of hydrogen-bond acceptors (Lipinski definition) is 4. The van der Waals surface area contributed by atoms with Gasteiger partial charge in [-0.2, -0.15) is 0 Å². The maximum Gasteiger partial charge on any atom is 0.340 e. The van der Waals surface area contributed by atoms with E-state index >= 15 is 0 Å². The number of anilines is 1. The molecule has 0 spiro atoms. The van der Waals surface area contributed by atoms with Crippen molar-refractivity contribution in [3.05, 3.63) is 29.8 Å². The lowest BCUT2D eigenvalue weighted by atomic mass is 10.2. The van der Waals surface area contributed by atoms with Gasteiger partial charge >= 0.3 is 12.0 Å². The van der Waals surface area contributed by atoms with Crippen molar-refractivity contribution in [1.29, 1.82) is 0 Å².